The average Bonchev–Trinajstić information content (AvgIpc) is 2.98. The highest BCUT2D eigenvalue weighted by molar-refractivity contribution is 7.98. The zero-order valence-electron chi connectivity index (χ0n) is 14.3. The highest BCUT2D eigenvalue weighted by atomic mass is 32.2. The summed E-state index contributed by atoms with van der Waals surface area (Å²) in [5.41, 5.74) is 1.77. The van der Waals surface area contributed by atoms with E-state index in [-0.39, 0.29) is 23.2 Å². The van der Waals surface area contributed by atoms with E-state index >= 15 is 0 Å². The van der Waals surface area contributed by atoms with E-state index < -0.39 is 0 Å². The predicted molar refractivity (Wildman–Crippen MR) is 92.7 cm³/mol. The molecular formula is C18H23NO3S. The van der Waals surface area contributed by atoms with Crippen LogP contribution in [0.25, 0.3) is 0 Å². The van der Waals surface area contributed by atoms with Gasteiger partial charge in [-0.3, -0.25) is 0 Å². The van der Waals surface area contributed by atoms with Gasteiger partial charge in [-0.1, -0.05) is 56.3 Å². The largest absolute Gasteiger partial charge is 0.457 e. The molecule has 0 saturated heterocycles. The molecule has 1 atom stereocenters. The first-order valence-corrected chi connectivity index (χ1v) is 8.87. The number of carbonyl (C=O) groups excluding carboxylic acids is 1. The number of ether oxygens (including phenoxy) is 1. The summed E-state index contributed by atoms with van der Waals surface area (Å²) in [6.07, 6.45) is 1.98. The van der Waals surface area contributed by atoms with E-state index in [1.165, 1.54) is 0 Å². The third-order valence-corrected chi connectivity index (χ3v) is 4.49. The van der Waals surface area contributed by atoms with Crippen LogP contribution in [0.15, 0.2) is 34.9 Å². The maximum Gasteiger partial charge on any atom is 0.344 e. The second-order valence-corrected chi connectivity index (χ2v) is 7.64. The summed E-state index contributed by atoms with van der Waals surface area (Å²) in [7, 11) is 0. The molecule has 1 unspecified atom stereocenters. The summed E-state index contributed by atoms with van der Waals surface area (Å²) in [5, 5.41) is 4.18. The highest BCUT2D eigenvalue weighted by Crippen LogP contribution is 2.35. The first-order chi connectivity index (χ1) is 10.8. The summed E-state index contributed by atoms with van der Waals surface area (Å²) in [5.74, 6) is 0.205. The van der Waals surface area contributed by atoms with Crippen LogP contribution in [-0.4, -0.2) is 17.4 Å². The van der Waals surface area contributed by atoms with Crippen LogP contribution in [0.5, 0.6) is 0 Å². The van der Waals surface area contributed by atoms with Gasteiger partial charge in [0.25, 0.3) is 0 Å². The molecule has 0 radical (unpaired) electrons. The first-order valence-electron chi connectivity index (χ1n) is 7.58. The van der Waals surface area contributed by atoms with Crippen molar-refractivity contribution in [3.8, 4) is 0 Å². The lowest BCUT2D eigenvalue weighted by atomic mass is 9.88. The van der Waals surface area contributed by atoms with Crippen molar-refractivity contribution in [2.45, 2.75) is 45.0 Å². The lowest BCUT2D eigenvalue weighted by Crippen LogP contribution is -2.19. The normalized spacial score (nSPS) is 12.9. The molecule has 5 heteroatoms. The van der Waals surface area contributed by atoms with Gasteiger partial charge in [0.05, 0.1) is 5.25 Å². The van der Waals surface area contributed by atoms with Gasteiger partial charge in [0, 0.05) is 5.41 Å². The van der Waals surface area contributed by atoms with E-state index in [0.29, 0.717) is 17.0 Å². The van der Waals surface area contributed by atoms with Crippen LogP contribution in [0, 0.1) is 0 Å². The smallest absolute Gasteiger partial charge is 0.344 e. The van der Waals surface area contributed by atoms with Crippen molar-refractivity contribution in [3.63, 3.8) is 0 Å². The molecule has 0 spiro atoms. The van der Waals surface area contributed by atoms with Crippen LogP contribution in [0.3, 0.4) is 0 Å². The fourth-order valence-corrected chi connectivity index (χ4v) is 2.57. The van der Waals surface area contributed by atoms with E-state index in [9.17, 15) is 4.79 Å². The van der Waals surface area contributed by atoms with Crippen molar-refractivity contribution < 1.29 is 14.1 Å². The molecule has 1 aromatic carbocycles. The van der Waals surface area contributed by atoms with E-state index in [0.717, 1.165) is 5.56 Å². The van der Waals surface area contributed by atoms with Gasteiger partial charge in [-0.2, -0.15) is 11.8 Å². The Balaban J connectivity index is 2.28. The van der Waals surface area contributed by atoms with E-state index in [2.05, 4.69) is 5.16 Å². The minimum Gasteiger partial charge on any atom is -0.457 e. The predicted octanol–water partition coefficient (Wildman–Crippen LogP) is 4.75. The van der Waals surface area contributed by atoms with Crippen LogP contribution >= 0.6 is 11.8 Å². The standard InChI is InChI=1S/C18H23NO3S/c1-12(23-5)15-14(16(19-22-15)18(2,3)4)17(20)21-11-13-9-7-6-8-10-13/h6-10,12H,11H2,1-5H3. The Morgan fingerprint density at radius 1 is 1.30 bits per heavy atom. The Morgan fingerprint density at radius 2 is 1.96 bits per heavy atom. The summed E-state index contributed by atoms with van der Waals surface area (Å²) in [6, 6.07) is 9.63. The second kappa shape index (κ2) is 7.21. The van der Waals surface area contributed by atoms with Crippen molar-refractivity contribution in [1.29, 1.82) is 0 Å². The molecule has 0 aliphatic rings. The molecule has 23 heavy (non-hydrogen) atoms. The quantitative estimate of drug-likeness (QED) is 0.739. The van der Waals surface area contributed by atoms with Gasteiger partial charge < -0.3 is 9.26 Å². The molecule has 1 aromatic heterocycles. The molecule has 0 aliphatic carbocycles. The number of esters is 1. The zero-order valence-corrected chi connectivity index (χ0v) is 15.1. The Bertz CT molecular complexity index is 659. The van der Waals surface area contributed by atoms with E-state index in [1.54, 1.807) is 11.8 Å². The SMILES string of the molecule is CSC(C)c1onc(C(C)(C)C)c1C(=O)OCc1ccccc1. The highest BCUT2D eigenvalue weighted by Gasteiger charge is 2.33. The van der Waals surface area contributed by atoms with Gasteiger partial charge in [-0.15, -0.1) is 0 Å². The number of nitrogens with zero attached hydrogens (tertiary/aromatic N) is 1. The Labute approximate surface area is 141 Å². The summed E-state index contributed by atoms with van der Waals surface area (Å²) in [6.45, 7) is 8.25. The minimum atomic E-state index is -0.379. The number of aromatic nitrogens is 1. The molecule has 2 rings (SSSR count). The van der Waals surface area contributed by atoms with Gasteiger partial charge in [0.1, 0.15) is 17.9 Å². The number of benzene rings is 1. The monoisotopic (exact) mass is 333 g/mol. The number of thioether (sulfide) groups is 1. The maximum atomic E-state index is 12.7. The van der Waals surface area contributed by atoms with Crippen LogP contribution in [0.4, 0.5) is 0 Å². The number of hydrogen-bond donors (Lipinski definition) is 0. The van der Waals surface area contributed by atoms with Gasteiger partial charge >= 0.3 is 5.97 Å². The van der Waals surface area contributed by atoms with Crippen LogP contribution in [0.2, 0.25) is 0 Å². The fourth-order valence-electron chi connectivity index (χ4n) is 2.19. The van der Waals surface area contributed by atoms with Crippen LogP contribution < -0.4 is 0 Å². The zero-order chi connectivity index (χ0) is 17.0. The Morgan fingerprint density at radius 3 is 2.52 bits per heavy atom. The van der Waals surface area contributed by atoms with Crippen LogP contribution in [-0.2, 0) is 16.8 Å². The molecule has 0 saturated carbocycles. The molecule has 2 aromatic rings. The molecule has 4 nitrogen and oxygen atoms in total. The molecule has 0 aliphatic heterocycles. The van der Waals surface area contributed by atoms with Gasteiger partial charge in [0.2, 0.25) is 0 Å². The Hall–Kier alpha value is -1.75. The molecule has 124 valence electrons. The van der Waals surface area contributed by atoms with Crippen molar-refractivity contribution >= 4 is 17.7 Å². The lowest BCUT2D eigenvalue weighted by molar-refractivity contribution is 0.0467. The van der Waals surface area contributed by atoms with Crippen LogP contribution in [0.1, 0.15) is 60.3 Å². The molecule has 0 bridgehead atoms. The van der Waals surface area contributed by atoms with Gasteiger partial charge in [0.15, 0.2) is 5.76 Å². The third-order valence-electron chi connectivity index (χ3n) is 3.57. The first kappa shape index (κ1) is 17.6. The number of hydrogen-bond acceptors (Lipinski definition) is 5. The molecule has 0 fully saturated rings. The second-order valence-electron chi connectivity index (χ2n) is 6.46. The number of carbonyl (C=O) groups is 1. The van der Waals surface area contributed by atoms with Crippen molar-refractivity contribution in [2.75, 3.05) is 6.26 Å². The summed E-state index contributed by atoms with van der Waals surface area (Å²) in [4.78, 5) is 12.7. The molecule has 1 heterocycles. The fraction of sp³-hybridized carbons (Fsp3) is 0.444. The lowest BCUT2D eigenvalue weighted by Gasteiger charge is -2.17. The van der Waals surface area contributed by atoms with Crippen molar-refractivity contribution in [1.82, 2.24) is 5.16 Å². The molecule has 0 N–H and O–H groups in total. The Kier molecular flexibility index (Phi) is 5.52. The van der Waals surface area contributed by atoms with Crippen molar-refractivity contribution in [2.24, 2.45) is 0 Å². The molecule has 0 amide bonds. The van der Waals surface area contributed by atoms with Gasteiger partial charge in [-0.05, 0) is 18.7 Å². The molecular weight excluding hydrogens is 310 g/mol. The minimum absolute atomic E-state index is 0.0397. The van der Waals surface area contributed by atoms with E-state index in [4.69, 9.17) is 9.26 Å². The van der Waals surface area contributed by atoms with Gasteiger partial charge in [-0.25, -0.2) is 4.79 Å². The summed E-state index contributed by atoms with van der Waals surface area (Å²) >= 11 is 1.61. The average molecular weight is 333 g/mol. The third kappa shape index (κ3) is 4.16. The topological polar surface area (TPSA) is 52.3 Å². The summed E-state index contributed by atoms with van der Waals surface area (Å²) < 4.78 is 11.0. The van der Waals surface area contributed by atoms with Crippen molar-refractivity contribution in [3.05, 3.63) is 52.9 Å². The van der Waals surface area contributed by atoms with E-state index in [1.807, 2.05) is 64.3 Å². The number of rotatable bonds is 5. The maximum absolute atomic E-state index is 12.7.